The molecule has 0 aliphatic carbocycles. The van der Waals surface area contributed by atoms with Gasteiger partial charge in [-0.05, 0) is 48.7 Å². The third kappa shape index (κ3) is 7.52. The van der Waals surface area contributed by atoms with Crippen molar-refractivity contribution in [1.29, 1.82) is 0 Å². The Morgan fingerprint density at radius 1 is 1.19 bits per heavy atom. The highest BCUT2D eigenvalue weighted by Crippen LogP contribution is 2.28. The van der Waals surface area contributed by atoms with Crippen LogP contribution in [0, 0.1) is 5.82 Å². The first-order chi connectivity index (χ1) is 14.9. The van der Waals surface area contributed by atoms with Gasteiger partial charge in [0.1, 0.15) is 5.82 Å². The van der Waals surface area contributed by atoms with Crippen LogP contribution in [0.3, 0.4) is 0 Å². The molecule has 0 aliphatic rings. The third-order valence-corrected chi connectivity index (χ3v) is 4.58. The van der Waals surface area contributed by atoms with Crippen LogP contribution in [0.25, 0.3) is 17.2 Å². The van der Waals surface area contributed by atoms with Gasteiger partial charge in [-0.15, -0.1) is 0 Å². The number of carbonyl (C=O) groups excluding carboxylic acids is 1. The summed E-state index contributed by atoms with van der Waals surface area (Å²) in [5.41, 5.74) is 3.72. The van der Waals surface area contributed by atoms with E-state index in [2.05, 4.69) is 4.98 Å². The molecular formula is C26H33FN2O2. The molecule has 4 nitrogen and oxygen atoms in total. The van der Waals surface area contributed by atoms with Gasteiger partial charge in [0.15, 0.2) is 0 Å². The highest BCUT2D eigenvalue weighted by atomic mass is 19.1. The molecule has 2 aromatic rings. The quantitative estimate of drug-likeness (QED) is 0.481. The maximum absolute atomic E-state index is 14.9. The number of amides is 1. The number of halogens is 1. The van der Waals surface area contributed by atoms with E-state index in [1.54, 1.807) is 36.3 Å². The summed E-state index contributed by atoms with van der Waals surface area (Å²) >= 11 is 0. The maximum atomic E-state index is 14.9. The predicted molar refractivity (Wildman–Crippen MR) is 127 cm³/mol. The van der Waals surface area contributed by atoms with Crippen molar-refractivity contribution < 1.29 is 13.9 Å². The van der Waals surface area contributed by atoms with Crippen molar-refractivity contribution in [2.75, 3.05) is 14.2 Å². The molecule has 31 heavy (non-hydrogen) atoms. The van der Waals surface area contributed by atoms with Crippen molar-refractivity contribution in [3.63, 3.8) is 0 Å². The Morgan fingerprint density at radius 3 is 2.42 bits per heavy atom. The van der Waals surface area contributed by atoms with Crippen LogP contribution in [-0.2, 0) is 11.3 Å². The van der Waals surface area contributed by atoms with Crippen molar-refractivity contribution in [2.24, 2.45) is 0 Å². The first-order valence-corrected chi connectivity index (χ1v) is 10.4. The van der Waals surface area contributed by atoms with Gasteiger partial charge in [0.2, 0.25) is 11.8 Å². The zero-order chi connectivity index (χ0) is 23.4. The van der Waals surface area contributed by atoms with Crippen molar-refractivity contribution >= 4 is 12.0 Å². The van der Waals surface area contributed by atoms with Gasteiger partial charge in [0, 0.05) is 43.9 Å². The molecule has 166 valence electrons. The molecule has 2 rings (SSSR count). The lowest BCUT2D eigenvalue weighted by atomic mass is 9.98. The van der Waals surface area contributed by atoms with Gasteiger partial charge in [0.25, 0.3) is 0 Å². The lowest BCUT2D eigenvalue weighted by Crippen LogP contribution is -2.23. The average Bonchev–Trinajstić information content (AvgIpc) is 2.79. The van der Waals surface area contributed by atoms with E-state index in [0.717, 1.165) is 16.7 Å². The van der Waals surface area contributed by atoms with Crippen LogP contribution in [0.2, 0.25) is 0 Å². The van der Waals surface area contributed by atoms with E-state index >= 15 is 0 Å². The van der Waals surface area contributed by atoms with E-state index < -0.39 is 0 Å². The van der Waals surface area contributed by atoms with E-state index in [0.29, 0.717) is 23.6 Å². The molecule has 1 aromatic heterocycles. The number of methoxy groups -OCH3 is 1. The molecule has 1 aromatic carbocycles. The lowest BCUT2D eigenvalue weighted by molar-refractivity contribution is -0.128. The molecule has 5 heteroatoms. The van der Waals surface area contributed by atoms with Crippen LogP contribution in [0.5, 0.6) is 5.88 Å². The topological polar surface area (TPSA) is 42.4 Å². The van der Waals surface area contributed by atoms with Crippen LogP contribution in [0.1, 0.15) is 45.7 Å². The summed E-state index contributed by atoms with van der Waals surface area (Å²) < 4.78 is 20.0. The Morgan fingerprint density at radius 2 is 1.90 bits per heavy atom. The van der Waals surface area contributed by atoms with Gasteiger partial charge in [0.05, 0.1) is 7.11 Å². The van der Waals surface area contributed by atoms with E-state index in [4.69, 9.17) is 4.74 Å². The second-order valence-corrected chi connectivity index (χ2v) is 6.62. The minimum Gasteiger partial charge on any atom is -0.481 e. The van der Waals surface area contributed by atoms with Gasteiger partial charge in [-0.2, -0.15) is 0 Å². The maximum Gasteiger partial charge on any atom is 0.219 e. The summed E-state index contributed by atoms with van der Waals surface area (Å²) in [6, 6.07) is 6.76. The van der Waals surface area contributed by atoms with Crippen LogP contribution in [-0.4, -0.2) is 29.9 Å². The Hall–Kier alpha value is -3.21. The van der Waals surface area contributed by atoms with Crippen LogP contribution in [0.15, 0.2) is 60.3 Å². The molecule has 0 fully saturated rings. The van der Waals surface area contributed by atoms with Gasteiger partial charge in [-0.3, -0.25) is 4.79 Å². The van der Waals surface area contributed by atoms with Crippen LogP contribution in [0.4, 0.5) is 4.39 Å². The van der Waals surface area contributed by atoms with E-state index in [-0.39, 0.29) is 11.7 Å². The second kappa shape index (κ2) is 13.2. The highest BCUT2D eigenvalue weighted by Gasteiger charge is 2.13. The lowest BCUT2D eigenvalue weighted by Gasteiger charge is -2.18. The zero-order valence-electron chi connectivity index (χ0n) is 19.6. The number of hydrogen-bond donors (Lipinski definition) is 0. The molecule has 0 atom stereocenters. The number of allylic oxidation sites excluding steroid dienone is 5. The molecule has 0 spiro atoms. The molecule has 0 N–H and O–H groups in total. The molecular weight excluding hydrogens is 391 g/mol. The number of aromatic nitrogens is 1. The van der Waals surface area contributed by atoms with Crippen LogP contribution >= 0.6 is 0 Å². The molecule has 0 bridgehead atoms. The Labute approximate surface area is 185 Å². The summed E-state index contributed by atoms with van der Waals surface area (Å²) in [4.78, 5) is 17.4. The van der Waals surface area contributed by atoms with Gasteiger partial charge >= 0.3 is 0 Å². The number of hydrogen-bond acceptors (Lipinski definition) is 3. The highest BCUT2D eigenvalue weighted by molar-refractivity contribution is 5.74. The second-order valence-electron chi connectivity index (χ2n) is 6.62. The predicted octanol–water partition coefficient (Wildman–Crippen LogP) is 6.44. The first kappa shape index (κ1) is 25.8. The van der Waals surface area contributed by atoms with Crippen molar-refractivity contribution in [1.82, 2.24) is 9.88 Å². The first-order valence-electron chi connectivity index (χ1n) is 10.4. The molecule has 0 radical (unpaired) electrons. The minimum absolute atomic E-state index is 0.0770. The number of nitrogens with zero attached hydrogens (tertiary/aromatic N) is 2. The third-order valence-electron chi connectivity index (χ3n) is 4.58. The van der Waals surface area contributed by atoms with Crippen molar-refractivity contribution in [3.8, 4) is 17.0 Å². The number of carbonyl (C=O) groups is 1. The zero-order valence-corrected chi connectivity index (χ0v) is 19.6. The molecule has 0 saturated carbocycles. The van der Waals surface area contributed by atoms with E-state index in [1.807, 2.05) is 58.1 Å². The Bertz CT molecular complexity index is 945. The summed E-state index contributed by atoms with van der Waals surface area (Å²) in [5, 5.41) is 0. The summed E-state index contributed by atoms with van der Waals surface area (Å²) in [5.74, 6) is 0.0330. The molecule has 0 aliphatic heterocycles. The fourth-order valence-electron chi connectivity index (χ4n) is 2.80. The molecule has 1 amide bonds. The van der Waals surface area contributed by atoms with Crippen molar-refractivity contribution in [2.45, 2.75) is 41.2 Å². The molecule has 0 saturated heterocycles. The van der Waals surface area contributed by atoms with Gasteiger partial charge < -0.3 is 9.64 Å². The summed E-state index contributed by atoms with van der Waals surface area (Å²) in [6.07, 6.45) is 11.5. The van der Waals surface area contributed by atoms with E-state index in [1.165, 1.54) is 20.1 Å². The smallest absolute Gasteiger partial charge is 0.219 e. The number of ether oxygens (including phenoxy) is 1. The summed E-state index contributed by atoms with van der Waals surface area (Å²) in [7, 11) is 3.24. The minimum atomic E-state index is -0.360. The number of rotatable bonds is 7. The number of pyridine rings is 1. The Kier molecular flexibility index (Phi) is 11.0. The molecule has 0 unspecified atom stereocenters. The largest absolute Gasteiger partial charge is 0.481 e. The van der Waals surface area contributed by atoms with Gasteiger partial charge in [-0.1, -0.05) is 44.2 Å². The standard InChI is InChI=1S/C24H27FN2O2.C2H6/c1-6-8-18(7-2)9-10-19-13-22(20-11-12-24(29-5)26-15-20)23(25)14-21(19)16-27(4)17(3)28;1-2/h6-15H,16H2,1-5H3;1-2H3/b8-6-,10-9-,18-7+;. The normalized spacial score (nSPS) is 11.4. The van der Waals surface area contributed by atoms with Crippen LogP contribution < -0.4 is 4.74 Å². The SMILES string of the molecule is CC.C\C=C/C(/C=C\c1cc(-c2ccc(OC)nc2)c(F)cc1CN(C)C(C)=O)=C\C. The fraction of sp³-hybridized carbons (Fsp3) is 0.308. The fourth-order valence-corrected chi connectivity index (χ4v) is 2.80. The average molecular weight is 425 g/mol. The molecule has 1 heterocycles. The monoisotopic (exact) mass is 424 g/mol. The number of benzene rings is 1. The van der Waals surface area contributed by atoms with Crippen molar-refractivity contribution in [3.05, 3.63) is 77.3 Å². The van der Waals surface area contributed by atoms with E-state index in [9.17, 15) is 9.18 Å². The Balaban J connectivity index is 0.00000233. The summed E-state index contributed by atoms with van der Waals surface area (Å²) in [6.45, 7) is 9.73. The van der Waals surface area contributed by atoms with Gasteiger partial charge in [-0.25, -0.2) is 9.37 Å².